The highest BCUT2D eigenvalue weighted by Crippen LogP contribution is 2.32. The summed E-state index contributed by atoms with van der Waals surface area (Å²) in [6.07, 6.45) is 13.2. The number of imidazole rings is 1. The number of hydrogen-bond donors (Lipinski definition) is 2. The number of rotatable bonds is 5. The van der Waals surface area contributed by atoms with Crippen LogP contribution in [0, 0.1) is 18.3 Å². The molecule has 1 fully saturated rings. The van der Waals surface area contributed by atoms with E-state index in [2.05, 4.69) is 33.8 Å². The topological polar surface area (TPSA) is 78.4 Å². The summed E-state index contributed by atoms with van der Waals surface area (Å²) in [6.45, 7) is 7.94. The fourth-order valence-electron chi connectivity index (χ4n) is 2.58. The minimum atomic E-state index is 0.188. The van der Waals surface area contributed by atoms with Gasteiger partial charge in [0.2, 0.25) is 11.7 Å². The third-order valence-electron chi connectivity index (χ3n) is 4.25. The van der Waals surface area contributed by atoms with Gasteiger partial charge >= 0.3 is 0 Å². The Morgan fingerprint density at radius 1 is 1.46 bits per heavy atom. The summed E-state index contributed by atoms with van der Waals surface area (Å²) in [5.41, 5.74) is 2.84. The van der Waals surface area contributed by atoms with E-state index in [0.717, 1.165) is 16.8 Å². The van der Waals surface area contributed by atoms with Crippen LogP contribution in [-0.2, 0) is 0 Å². The number of nitrogens with zero attached hydrogens (tertiary/aromatic N) is 4. The predicted octanol–water partition coefficient (Wildman–Crippen LogP) is 3.00. The van der Waals surface area contributed by atoms with Crippen molar-refractivity contribution in [3.63, 3.8) is 0 Å². The lowest BCUT2D eigenvalue weighted by Gasteiger charge is -2.11. The summed E-state index contributed by atoms with van der Waals surface area (Å²) < 4.78 is 1.94. The molecule has 0 spiro atoms. The fraction of sp³-hybridized carbons (Fsp3) is 0.333. The molecule has 0 amide bonds. The van der Waals surface area contributed by atoms with Crippen LogP contribution in [-0.4, -0.2) is 32.6 Å². The van der Waals surface area contributed by atoms with E-state index in [4.69, 9.17) is 5.41 Å². The van der Waals surface area contributed by atoms with E-state index >= 15 is 0 Å². The second-order valence-electron chi connectivity index (χ2n) is 6.14. The smallest absolute Gasteiger partial charge is 0.233 e. The Labute approximate surface area is 141 Å². The van der Waals surface area contributed by atoms with Gasteiger partial charge in [0, 0.05) is 35.9 Å². The Kier molecular flexibility index (Phi) is 4.55. The van der Waals surface area contributed by atoms with E-state index in [-0.39, 0.29) is 5.96 Å². The lowest BCUT2D eigenvalue weighted by Crippen LogP contribution is -2.32. The average molecular weight is 322 g/mol. The Morgan fingerprint density at radius 3 is 2.92 bits per heavy atom. The van der Waals surface area contributed by atoms with Crippen molar-refractivity contribution >= 4 is 23.5 Å². The lowest BCUT2D eigenvalue weighted by atomic mass is 10.1. The van der Waals surface area contributed by atoms with Crippen LogP contribution < -0.4 is 5.32 Å². The van der Waals surface area contributed by atoms with Crippen molar-refractivity contribution < 1.29 is 0 Å². The number of allylic oxidation sites excluding steroid dienone is 3. The second-order valence-corrected chi connectivity index (χ2v) is 6.14. The SMILES string of the molecule is C=C/C(=C/C=N\C(=N)N[C@@H](C)C1CC1)c1cnc2ncc(C)n2c1. The van der Waals surface area contributed by atoms with E-state index in [1.807, 2.05) is 23.6 Å². The third kappa shape index (κ3) is 3.59. The molecule has 24 heavy (non-hydrogen) atoms. The molecule has 124 valence electrons. The first kappa shape index (κ1) is 16.1. The molecular formula is C18H22N6. The summed E-state index contributed by atoms with van der Waals surface area (Å²) in [7, 11) is 0. The number of hydrogen-bond acceptors (Lipinski definition) is 3. The predicted molar refractivity (Wildman–Crippen MR) is 97.4 cm³/mol. The molecular weight excluding hydrogens is 300 g/mol. The maximum Gasteiger partial charge on any atom is 0.233 e. The highest BCUT2D eigenvalue weighted by atomic mass is 15.1. The van der Waals surface area contributed by atoms with Crippen molar-refractivity contribution in [3.05, 3.63) is 48.6 Å². The second kappa shape index (κ2) is 6.78. The molecule has 1 atom stereocenters. The van der Waals surface area contributed by atoms with E-state index in [0.29, 0.717) is 17.7 Å². The first-order valence-electron chi connectivity index (χ1n) is 8.10. The van der Waals surface area contributed by atoms with Crippen molar-refractivity contribution in [2.75, 3.05) is 0 Å². The Balaban J connectivity index is 1.72. The first-order valence-corrected chi connectivity index (χ1v) is 8.10. The number of aromatic nitrogens is 3. The zero-order valence-corrected chi connectivity index (χ0v) is 14.0. The molecule has 6 nitrogen and oxygen atoms in total. The number of aryl methyl sites for hydroxylation is 1. The van der Waals surface area contributed by atoms with E-state index in [1.54, 1.807) is 24.7 Å². The minimum Gasteiger partial charge on any atom is -0.352 e. The number of aliphatic imine (C=N–C) groups is 1. The van der Waals surface area contributed by atoms with Crippen LogP contribution in [0.15, 0.2) is 42.3 Å². The molecule has 2 aromatic rings. The molecule has 0 aliphatic heterocycles. The van der Waals surface area contributed by atoms with Crippen molar-refractivity contribution in [2.24, 2.45) is 10.9 Å². The third-order valence-corrected chi connectivity index (χ3v) is 4.25. The van der Waals surface area contributed by atoms with E-state index in [1.165, 1.54) is 12.8 Å². The maximum atomic E-state index is 7.87. The Morgan fingerprint density at radius 2 is 2.21 bits per heavy atom. The molecule has 6 heteroatoms. The minimum absolute atomic E-state index is 0.188. The molecule has 3 rings (SSSR count). The van der Waals surface area contributed by atoms with Crippen LogP contribution in [0.1, 0.15) is 31.0 Å². The van der Waals surface area contributed by atoms with Crippen molar-refractivity contribution in [2.45, 2.75) is 32.7 Å². The van der Waals surface area contributed by atoms with Crippen LogP contribution in [0.2, 0.25) is 0 Å². The summed E-state index contributed by atoms with van der Waals surface area (Å²) >= 11 is 0. The van der Waals surface area contributed by atoms with Gasteiger partial charge in [0.1, 0.15) is 0 Å². The number of nitrogens with one attached hydrogen (secondary N) is 2. The van der Waals surface area contributed by atoms with Gasteiger partial charge in [-0.25, -0.2) is 15.0 Å². The molecule has 2 N–H and O–H groups in total. The number of fused-ring (bicyclic) bond motifs is 1. The monoisotopic (exact) mass is 322 g/mol. The number of guanidine groups is 1. The normalized spacial score (nSPS) is 16.5. The van der Waals surface area contributed by atoms with Gasteiger partial charge in [0.15, 0.2) is 0 Å². The van der Waals surface area contributed by atoms with Crippen LogP contribution in [0.3, 0.4) is 0 Å². The van der Waals surface area contributed by atoms with Gasteiger partial charge in [-0.05, 0) is 44.3 Å². The molecule has 2 aromatic heterocycles. The van der Waals surface area contributed by atoms with E-state index < -0.39 is 0 Å². The quantitative estimate of drug-likeness (QED) is 0.504. The standard InChI is InChI=1S/C18H22N6/c1-4-14(7-8-20-17(19)23-13(3)15-5-6-15)16-10-22-18-21-9-12(2)24(18)11-16/h4,7-11,13,15H,1,5-6H2,2-3H3,(H2,19,23)/b14-7-,20-8-/t13-/m0/s1. The molecule has 2 heterocycles. The van der Waals surface area contributed by atoms with Crippen molar-refractivity contribution in [1.82, 2.24) is 19.7 Å². The Hall–Kier alpha value is -2.76. The average Bonchev–Trinajstić information content (AvgIpc) is 3.36. The molecule has 0 radical (unpaired) electrons. The highest BCUT2D eigenvalue weighted by Gasteiger charge is 2.28. The zero-order chi connectivity index (χ0) is 17.1. The maximum absolute atomic E-state index is 7.87. The van der Waals surface area contributed by atoms with Crippen molar-refractivity contribution in [1.29, 1.82) is 5.41 Å². The van der Waals surface area contributed by atoms with Gasteiger partial charge in [0.05, 0.1) is 6.20 Å². The van der Waals surface area contributed by atoms with Gasteiger partial charge < -0.3 is 5.32 Å². The van der Waals surface area contributed by atoms with Crippen LogP contribution >= 0.6 is 0 Å². The lowest BCUT2D eigenvalue weighted by molar-refractivity contribution is 0.583. The summed E-state index contributed by atoms with van der Waals surface area (Å²) in [5, 5.41) is 11.0. The van der Waals surface area contributed by atoms with Gasteiger partial charge in [0.25, 0.3) is 0 Å². The zero-order valence-electron chi connectivity index (χ0n) is 14.0. The van der Waals surface area contributed by atoms with Gasteiger partial charge in [-0.2, -0.15) is 0 Å². The van der Waals surface area contributed by atoms with Crippen LogP contribution in [0.4, 0.5) is 0 Å². The molecule has 0 bridgehead atoms. The van der Waals surface area contributed by atoms with E-state index in [9.17, 15) is 0 Å². The summed E-state index contributed by atoms with van der Waals surface area (Å²) in [6, 6.07) is 0.313. The largest absolute Gasteiger partial charge is 0.352 e. The van der Waals surface area contributed by atoms with Crippen LogP contribution in [0.5, 0.6) is 0 Å². The van der Waals surface area contributed by atoms with Gasteiger partial charge in [-0.15, -0.1) is 0 Å². The van der Waals surface area contributed by atoms with Crippen LogP contribution in [0.25, 0.3) is 11.4 Å². The molecule has 1 aliphatic carbocycles. The fourth-order valence-corrected chi connectivity index (χ4v) is 2.58. The highest BCUT2D eigenvalue weighted by molar-refractivity contribution is 5.94. The molecule has 0 aromatic carbocycles. The summed E-state index contributed by atoms with van der Waals surface area (Å²) in [5.74, 6) is 1.55. The molecule has 1 saturated carbocycles. The van der Waals surface area contributed by atoms with Crippen molar-refractivity contribution in [3.8, 4) is 0 Å². The molecule has 0 unspecified atom stereocenters. The van der Waals surface area contributed by atoms with Gasteiger partial charge in [-0.3, -0.25) is 9.81 Å². The molecule has 0 saturated heterocycles. The van der Waals surface area contributed by atoms with Gasteiger partial charge in [-0.1, -0.05) is 12.7 Å². The first-order chi connectivity index (χ1) is 11.6. The summed E-state index contributed by atoms with van der Waals surface area (Å²) in [4.78, 5) is 12.7. The molecule has 1 aliphatic rings. The Bertz CT molecular complexity index is 825.